The lowest BCUT2D eigenvalue weighted by Gasteiger charge is -2.45. The summed E-state index contributed by atoms with van der Waals surface area (Å²) in [4.78, 5) is 13.5. The highest BCUT2D eigenvalue weighted by molar-refractivity contribution is 8.00. The van der Waals surface area contributed by atoms with Crippen molar-refractivity contribution in [3.05, 3.63) is 35.7 Å². The molecule has 1 saturated carbocycles. The zero-order valence-corrected chi connectivity index (χ0v) is 15.2. The zero-order chi connectivity index (χ0) is 17.2. The van der Waals surface area contributed by atoms with Crippen LogP contribution in [0.3, 0.4) is 0 Å². The second kappa shape index (κ2) is 7.07. The first-order valence-corrected chi connectivity index (χ1v) is 9.43. The van der Waals surface area contributed by atoms with Gasteiger partial charge in [0.25, 0.3) is 0 Å². The number of aromatic nitrogens is 3. The summed E-state index contributed by atoms with van der Waals surface area (Å²) in [6, 6.07) is 5.71. The van der Waals surface area contributed by atoms with Crippen molar-refractivity contribution in [3.63, 3.8) is 0 Å². The molecular formula is C18H24N4OS. The normalized spacial score (nSPS) is 22.9. The lowest BCUT2D eigenvalue weighted by Crippen LogP contribution is -2.54. The van der Waals surface area contributed by atoms with E-state index in [1.165, 1.54) is 0 Å². The molecule has 6 heteroatoms. The number of hydrogen-bond acceptors (Lipinski definition) is 6. The molecule has 3 rings (SSSR count). The molecule has 2 aromatic heterocycles. The van der Waals surface area contributed by atoms with Crippen molar-refractivity contribution in [2.45, 2.75) is 44.5 Å². The van der Waals surface area contributed by atoms with Gasteiger partial charge in [0, 0.05) is 29.2 Å². The molecule has 1 fully saturated rings. The molecule has 2 heterocycles. The molecule has 0 bridgehead atoms. The van der Waals surface area contributed by atoms with E-state index in [0.717, 1.165) is 41.4 Å². The lowest BCUT2D eigenvalue weighted by atomic mass is 9.79. The Balaban J connectivity index is 1.79. The van der Waals surface area contributed by atoms with Crippen LogP contribution in [0.15, 0.2) is 24.4 Å². The van der Waals surface area contributed by atoms with Gasteiger partial charge >= 0.3 is 0 Å². The standard InChI is InChI=1S/C18H24N4OS/c1-4-24-15-8-9-18(15,23)11-20-16-12(2)13(3)21-17(22-16)14-7-5-6-10-19-14/h5-7,10,15,23H,4,8-9,11H2,1-3H3,(H,20,21,22). The van der Waals surface area contributed by atoms with E-state index in [4.69, 9.17) is 0 Å². The molecule has 0 amide bonds. The van der Waals surface area contributed by atoms with Gasteiger partial charge in [-0.3, -0.25) is 4.98 Å². The number of nitrogens with one attached hydrogen (secondary N) is 1. The van der Waals surface area contributed by atoms with E-state index in [-0.39, 0.29) is 0 Å². The number of hydrogen-bond donors (Lipinski definition) is 2. The summed E-state index contributed by atoms with van der Waals surface area (Å²) in [6.45, 7) is 6.63. The Morgan fingerprint density at radius 1 is 1.33 bits per heavy atom. The second-order valence-electron chi connectivity index (χ2n) is 6.26. The van der Waals surface area contributed by atoms with Gasteiger partial charge in [-0.05, 0) is 44.6 Å². The molecule has 0 spiro atoms. The summed E-state index contributed by atoms with van der Waals surface area (Å²) in [5, 5.41) is 14.4. The molecule has 1 aliphatic rings. The minimum Gasteiger partial charge on any atom is -0.387 e. The SMILES string of the molecule is CCSC1CCC1(O)CNc1nc(-c2ccccn2)nc(C)c1C. The number of aryl methyl sites for hydroxylation is 1. The lowest BCUT2D eigenvalue weighted by molar-refractivity contribution is -0.0120. The third-order valence-electron chi connectivity index (χ3n) is 4.65. The fraction of sp³-hybridized carbons (Fsp3) is 0.500. The van der Waals surface area contributed by atoms with E-state index in [0.29, 0.717) is 17.6 Å². The van der Waals surface area contributed by atoms with Crippen LogP contribution in [-0.2, 0) is 0 Å². The average Bonchev–Trinajstić information content (AvgIpc) is 2.60. The van der Waals surface area contributed by atoms with Gasteiger partial charge in [0.05, 0.1) is 5.60 Å². The first kappa shape index (κ1) is 17.2. The van der Waals surface area contributed by atoms with Crippen LogP contribution < -0.4 is 5.32 Å². The number of thioether (sulfide) groups is 1. The summed E-state index contributed by atoms with van der Waals surface area (Å²) < 4.78 is 0. The Hall–Kier alpha value is -1.66. The van der Waals surface area contributed by atoms with Crippen molar-refractivity contribution in [1.82, 2.24) is 15.0 Å². The first-order chi connectivity index (χ1) is 11.5. The fourth-order valence-electron chi connectivity index (χ4n) is 2.88. The van der Waals surface area contributed by atoms with E-state index in [2.05, 4.69) is 27.2 Å². The minimum atomic E-state index is -0.642. The Kier molecular flexibility index (Phi) is 5.06. The maximum absolute atomic E-state index is 10.8. The van der Waals surface area contributed by atoms with Gasteiger partial charge < -0.3 is 10.4 Å². The largest absolute Gasteiger partial charge is 0.387 e. The Morgan fingerprint density at radius 3 is 2.79 bits per heavy atom. The van der Waals surface area contributed by atoms with Crippen LogP contribution in [-0.4, -0.2) is 43.2 Å². The average molecular weight is 344 g/mol. The molecule has 128 valence electrons. The van der Waals surface area contributed by atoms with E-state index in [1.807, 2.05) is 43.8 Å². The van der Waals surface area contributed by atoms with E-state index in [1.54, 1.807) is 6.20 Å². The summed E-state index contributed by atoms with van der Waals surface area (Å²) in [6.07, 6.45) is 3.66. The van der Waals surface area contributed by atoms with Crippen molar-refractivity contribution in [1.29, 1.82) is 0 Å². The number of nitrogens with zero attached hydrogens (tertiary/aromatic N) is 3. The molecule has 1 aliphatic carbocycles. The third-order valence-corrected chi connectivity index (χ3v) is 6.06. The summed E-state index contributed by atoms with van der Waals surface area (Å²) >= 11 is 1.83. The predicted octanol–water partition coefficient (Wildman–Crippen LogP) is 3.21. The maximum atomic E-state index is 10.8. The van der Waals surface area contributed by atoms with Gasteiger partial charge in [0.15, 0.2) is 5.82 Å². The summed E-state index contributed by atoms with van der Waals surface area (Å²) in [5.74, 6) is 2.42. The van der Waals surface area contributed by atoms with Gasteiger partial charge in [-0.2, -0.15) is 11.8 Å². The first-order valence-electron chi connectivity index (χ1n) is 8.38. The van der Waals surface area contributed by atoms with Crippen LogP contribution in [0.2, 0.25) is 0 Å². The number of rotatable bonds is 6. The van der Waals surface area contributed by atoms with Gasteiger partial charge in [0.1, 0.15) is 11.5 Å². The minimum absolute atomic E-state index is 0.313. The van der Waals surface area contributed by atoms with Crippen LogP contribution in [0, 0.1) is 13.8 Å². The van der Waals surface area contributed by atoms with Crippen LogP contribution in [0.4, 0.5) is 5.82 Å². The molecule has 0 aromatic carbocycles. The molecule has 2 N–H and O–H groups in total. The van der Waals surface area contributed by atoms with Crippen LogP contribution in [0.1, 0.15) is 31.0 Å². The van der Waals surface area contributed by atoms with E-state index in [9.17, 15) is 5.11 Å². The molecule has 2 unspecified atom stereocenters. The number of pyridine rings is 1. The van der Waals surface area contributed by atoms with Crippen molar-refractivity contribution < 1.29 is 5.11 Å². The van der Waals surface area contributed by atoms with Gasteiger partial charge in [-0.1, -0.05) is 13.0 Å². The van der Waals surface area contributed by atoms with E-state index < -0.39 is 5.60 Å². The molecule has 2 atom stereocenters. The molecular weight excluding hydrogens is 320 g/mol. The van der Waals surface area contributed by atoms with Crippen molar-refractivity contribution in [2.24, 2.45) is 0 Å². The maximum Gasteiger partial charge on any atom is 0.180 e. The highest BCUT2D eigenvalue weighted by atomic mass is 32.2. The van der Waals surface area contributed by atoms with Crippen molar-refractivity contribution in [3.8, 4) is 11.5 Å². The molecule has 5 nitrogen and oxygen atoms in total. The molecule has 0 radical (unpaired) electrons. The van der Waals surface area contributed by atoms with Crippen LogP contribution >= 0.6 is 11.8 Å². The Morgan fingerprint density at radius 2 is 2.17 bits per heavy atom. The molecule has 0 saturated heterocycles. The number of anilines is 1. The van der Waals surface area contributed by atoms with E-state index >= 15 is 0 Å². The second-order valence-corrected chi connectivity index (χ2v) is 7.74. The van der Waals surface area contributed by atoms with Crippen molar-refractivity contribution >= 4 is 17.6 Å². The van der Waals surface area contributed by atoms with Crippen LogP contribution in [0.5, 0.6) is 0 Å². The predicted molar refractivity (Wildman–Crippen MR) is 99.3 cm³/mol. The number of aliphatic hydroxyl groups is 1. The van der Waals surface area contributed by atoms with Crippen LogP contribution in [0.25, 0.3) is 11.5 Å². The van der Waals surface area contributed by atoms with Gasteiger partial charge in [-0.25, -0.2) is 9.97 Å². The highest BCUT2D eigenvalue weighted by Crippen LogP contribution is 2.41. The molecule has 2 aromatic rings. The topological polar surface area (TPSA) is 70.9 Å². The van der Waals surface area contributed by atoms with Gasteiger partial charge in [-0.15, -0.1) is 0 Å². The fourth-order valence-corrected chi connectivity index (χ4v) is 4.08. The summed E-state index contributed by atoms with van der Waals surface area (Å²) in [5.41, 5.74) is 2.05. The quantitative estimate of drug-likeness (QED) is 0.838. The monoisotopic (exact) mass is 344 g/mol. The summed E-state index contributed by atoms with van der Waals surface area (Å²) in [7, 11) is 0. The Bertz CT molecular complexity index is 710. The van der Waals surface area contributed by atoms with Crippen molar-refractivity contribution in [2.75, 3.05) is 17.6 Å². The van der Waals surface area contributed by atoms with Gasteiger partial charge in [0.2, 0.25) is 0 Å². The molecule has 24 heavy (non-hydrogen) atoms. The highest BCUT2D eigenvalue weighted by Gasteiger charge is 2.45. The third kappa shape index (κ3) is 3.39. The Labute approximate surface area is 147 Å². The smallest absolute Gasteiger partial charge is 0.180 e. The molecule has 0 aliphatic heterocycles. The zero-order valence-electron chi connectivity index (χ0n) is 14.4.